The maximum atomic E-state index is 9.14. The number of hydrogen-bond donors (Lipinski definition) is 1. The molecule has 0 aliphatic rings. The molecular formula is C5H8Br2O. The first-order valence-electron chi connectivity index (χ1n) is 2.17. The summed E-state index contributed by atoms with van der Waals surface area (Å²) in [7, 11) is 0. The van der Waals surface area contributed by atoms with Crippen LogP contribution in [0.2, 0.25) is 0 Å². The molecule has 0 radical (unpaired) electrons. The van der Waals surface area contributed by atoms with Crippen molar-refractivity contribution in [3.05, 3.63) is 9.47 Å². The van der Waals surface area contributed by atoms with Crippen molar-refractivity contribution < 1.29 is 5.11 Å². The first-order chi connectivity index (χ1) is 3.48. The Morgan fingerprint density at radius 2 is 2.00 bits per heavy atom. The monoisotopic (exact) mass is 242 g/mol. The lowest BCUT2D eigenvalue weighted by atomic mass is 10.1. The maximum Gasteiger partial charge on any atom is 0.0909 e. The van der Waals surface area contributed by atoms with Gasteiger partial charge in [0.25, 0.3) is 0 Å². The van der Waals surface area contributed by atoms with Crippen molar-refractivity contribution in [2.45, 2.75) is 19.4 Å². The number of rotatable bonds is 1. The Labute approximate surface area is 66.0 Å². The first-order valence-corrected chi connectivity index (χ1v) is 3.88. The van der Waals surface area contributed by atoms with Crippen LogP contribution in [0.3, 0.4) is 0 Å². The van der Waals surface area contributed by atoms with Gasteiger partial charge in [0.1, 0.15) is 0 Å². The molecule has 3 heteroatoms. The molecule has 0 aromatic rings. The van der Waals surface area contributed by atoms with Crippen LogP contribution in [0.4, 0.5) is 0 Å². The van der Waals surface area contributed by atoms with Crippen LogP contribution in [0.15, 0.2) is 9.47 Å². The van der Waals surface area contributed by atoms with Gasteiger partial charge < -0.3 is 5.11 Å². The lowest BCUT2D eigenvalue weighted by molar-refractivity contribution is 0.130. The van der Waals surface area contributed by atoms with E-state index in [9.17, 15) is 0 Å². The van der Waals surface area contributed by atoms with Gasteiger partial charge in [0.05, 0.1) is 5.60 Å². The molecule has 8 heavy (non-hydrogen) atoms. The fourth-order valence-electron chi connectivity index (χ4n) is 0.134. The lowest BCUT2D eigenvalue weighted by Crippen LogP contribution is -2.17. The van der Waals surface area contributed by atoms with E-state index < -0.39 is 5.60 Å². The van der Waals surface area contributed by atoms with Gasteiger partial charge in [-0.15, -0.1) is 0 Å². The summed E-state index contributed by atoms with van der Waals surface area (Å²) in [6.45, 7) is 3.41. The smallest absolute Gasteiger partial charge is 0.0909 e. The molecule has 0 heterocycles. The molecule has 0 fully saturated rings. The lowest BCUT2D eigenvalue weighted by Gasteiger charge is -2.14. The molecule has 0 saturated carbocycles. The van der Waals surface area contributed by atoms with E-state index >= 15 is 0 Å². The van der Waals surface area contributed by atoms with Gasteiger partial charge in [-0.25, -0.2) is 0 Å². The van der Waals surface area contributed by atoms with Crippen molar-refractivity contribution in [3.63, 3.8) is 0 Å². The minimum atomic E-state index is -0.760. The summed E-state index contributed by atoms with van der Waals surface area (Å²) in [5.74, 6) is 0. The molecule has 0 spiro atoms. The summed E-state index contributed by atoms with van der Waals surface area (Å²) in [5, 5.41) is 9.14. The quantitative estimate of drug-likeness (QED) is 0.750. The second kappa shape index (κ2) is 2.99. The molecule has 0 aromatic carbocycles. The fraction of sp³-hybridized carbons (Fsp3) is 0.600. The molecule has 48 valence electrons. The zero-order valence-electron chi connectivity index (χ0n) is 4.78. The molecule has 1 N–H and O–H groups in total. The van der Waals surface area contributed by atoms with Crippen molar-refractivity contribution in [2.24, 2.45) is 0 Å². The Bertz CT molecular complexity index is 101. The molecule has 0 rings (SSSR count). The topological polar surface area (TPSA) is 20.2 Å². The van der Waals surface area contributed by atoms with Crippen molar-refractivity contribution in [2.75, 3.05) is 0 Å². The Balaban J connectivity index is 4.03. The maximum absolute atomic E-state index is 9.14. The normalized spacial score (nSPS) is 14.4. The van der Waals surface area contributed by atoms with Gasteiger partial charge in [-0.1, -0.05) is 31.9 Å². The number of hydrogen-bond acceptors (Lipinski definition) is 1. The van der Waals surface area contributed by atoms with Gasteiger partial charge in [0.15, 0.2) is 0 Å². The van der Waals surface area contributed by atoms with Gasteiger partial charge in [0.2, 0.25) is 0 Å². The third-order valence-corrected chi connectivity index (χ3v) is 2.95. The second-order valence-corrected chi connectivity index (χ2v) is 3.33. The molecule has 1 nitrogen and oxygen atoms in total. The van der Waals surface area contributed by atoms with Crippen molar-refractivity contribution in [1.82, 2.24) is 0 Å². The Kier molecular flexibility index (Phi) is 3.24. The average Bonchev–Trinajstić information content (AvgIpc) is 1.62. The summed E-state index contributed by atoms with van der Waals surface area (Å²) in [6, 6.07) is 0. The Morgan fingerprint density at radius 1 is 1.62 bits per heavy atom. The number of halogens is 2. The van der Waals surface area contributed by atoms with Crippen LogP contribution in [0, 0.1) is 0 Å². The predicted molar refractivity (Wildman–Crippen MR) is 42.2 cm³/mol. The molecular weight excluding hydrogens is 236 g/mol. The number of aliphatic hydroxyl groups is 1. The molecule has 0 aromatic heterocycles. The van der Waals surface area contributed by atoms with Crippen LogP contribution in [-0.4, -0.2) is 10.7 Å². The highest BCUT2D eigenvalue weighted by molar-refractivity contribution is 9.14. The molecule has 0 unspecified atom stereocenters. The zero-order chi connectivity index (χ0) is 6.78. The van der Waals surface area contributed by atoms with Gasteiger partial charge in [-0.2, -0.15) is 0 Å². The van der Waals surface area contributed by atoms with Crippen LogP contribution >= 0.6 is 31.9 Å². The summed E-state index contributed by atoms with van der Waals surface area (Å²) >= 11 is 6.24. The largest absolute Gasteiger partial charge is 0.385 e. The van der Waals surface area contributed by atoms with Crippen molar-refractivity contribution in [3.8, 4) is 0 Å². The second-order valence-electron chi connectivity index (χ2n) is 2.02. The Morgan fingerprint density at radius 3 is 2.00 bits per heavy atom. The molecule has 0 bridgehead atoms. The van der Waals surface area contributed by atoms with E-state index in [-0.39, 0.29) is 0 Å². The molecule has 0 aliphatic heterocycles. The SMILES string of the molecule is CC(C)(O)/C(Br)=C/Br. The predicted octanol–water partition coefficient (Wildman–Crippen LogP) is 2.39. The average molecular weight is 244 g/mol. The van der Waals surface area contributed by atoms with E-state index in [0.29, 0.717) is 0 Å². The van der Waals surface area contributed by atoms with Crippen LogP contribution in [-0.2, 0) is 0 Å². The van der Waals surface area contributed by atoms with E-state index in [1.807, 2.05) is 0 Å². The van der Waals surface area contributed by atoms with E-state index in [4.69, 9.17) is 5.11 Å². The highest BCUT2D eigenvalue weighted by Crippen LogP contribution is 2.22. The summed E-state index contributed by atoms with van der Waals surface area (Å²) in [4.78, 5) is 1.65. The van der Waals surface area contributed by atoms with Crippen LogP contribution in [0.1, 0.15) is 13.8 Å². The Hall–Kier alpha value is 0.660. The van der Waals surface area contributed by atoms with Gasteiger partial charge in [0, 0.05) is 4.48 Å². The van der Waals surface area contributed by atoms with Crippen molar-refractivity contribution >= 4 is 31.9 Å². The summed E-state index contributed by atoms with van der Waals surface area (Å²) in [5.41, 5.74) is -0.760. The van der Waals surface area contributed by atoms with Crippen LogP contribution in [0.5, 0.6) is 0 Å². The molecule has 0 atom stereocenters. The fourth-order valence-corrected chi connectivity index (χ4v) is 0.694. The highest BCUT2D eigenvalue weighted by atomic mass is 79.9. The summed E-state index contributed by atoms with van der Waals surface area (Å²) in [6.07, 6.45) is 0. The van der Waals surface area contributed by atoms with E-state index in [2.05, 4.69) is 31.9 Å². The minimum Gasteiger partial charge on any atom is -0.385 e. The first kappa shape index (κ1) is 8.66. The van der Waals surface area contributed by atoms with E-state index in [1.165, 1.54) is 0 Å². The van der Waals surface area contributed by atoms with Gasteiger partial charge in [-0.3, -0.25) is 0 Å². The third-order valence-electron chi connectivity index (χ3n) is 0.680. The molecule has 0 saturated heterocycles. The zero-order valence-corrected chi connectivity index (χ0v) is 7.95. The van der Waals surface area contributed by atoms with E-state index in [1.54, 1.807) is 18.8 Å². The highest BCUT2D eigenvalue weighted by Gasteiger charge is 2.15. The summed E-state index contributed by atoms with van der Waals surface area (Å²) < 4.78 is 0.741. The third kappa shape index (κ3) is 2.84. The van der Waals surface area contributed by atoms with Gasteiger partial charge >= 0.3 is 0 Å². The standard InChI is InChI=1S/C5H8Br2O/c1-5(2,8)4(7)3-6/h3,8H,1-2H3/b4-3-. The van der Waals surface area contributed by atoms with Crippen molar-refractivity contribution in [1.29, 1.82) is 0 Å². The van der Waals surface area contributed by atoms with Crippen LogP contribution < -0.4 is 0 Å². The molecule has 0 amide bonds. The molecule has 0 aliphatic carbocycles. The van der Waals surface area contributed by atoms with Crippen LogP contribution in [0.25, 0.3) is 0 Å². The van der Waals surface area contributed by atoms with E-state index in [0.717, 1.165) is 4.48 Å². The van der Waals surface area contributed by atoms with Gasteiger partial charge in [-0.05, 0) is 18.8 Å². The minimum absolute atomic E-state index is 0.741.